The van der Waals surface area contributed by atoms with E-state index >= 15 is 0 Å². The lowest BCUT2D eigenvalue weighted by molar-refractivity contribution is -0.122. The molecule has 1 aromatic heterocycles. The molecule has 2 aliphatic rings. The second-order valence-corrected chi connectivity index (χ2v) is 9.03. The number of ether oxygens (including phenoxy) is 1. The van der Waals surface area contributed by atoms with Gasteiger partial charge in [-0.15, -0.1) is 0 Å². The highest BCUT2D eigenvalue weighted by molar-refractivity contribution is 5.21. The predicted octanol–water partition coefficient (Wildman–Crippen LogP) is 3.29. The standard InChI is InChI=1S/C20H36N4O/c1-19(2)7-9-20(10-8-19)6-5-16(15-25-20)18-17(13-22-23-18)14-24(4)12-11-21-3/h13,16,21H,5-12,14-15H2,1-4H3,(H,22,23). The van der Waals surface area contributed by atoms with Crippen molar-refractivity contribution in [3.8, 4) is 0 Å². The Morgan fingerprint density at radius 1 is 1.28 bits per heavy atom. The van der Waals surface area contributed by atoms with Crippen molar-refractivity contribution in [2.45, 2.75) is 70.4 Å². The van der Waals surface area contributed by atoms with Gasteiger partial charge in [0.05, 0.1) is 17.9 Å². The highest BCUT2D eigenvalue weighted by Gasteiger charge is 2.42. The van der Waals surface area contributed by atoms with Crippen LogP contribution in [0.4, 0.5) is 0 Å². The molecule has 1 atom stereocenters. The van der Waals surface area contributed by atoms with Gasteiger partial charge in [0.2, 0.25) is 0 Å². The molecule has 1 saturated carbocycles. The Kier molecular flexibility index (Phi) is 5.86. The first-order chi connectivity index (χ1) is 11.9. The molecule has 2 fully saturated rings. The number of nitrogens with zero attached hydrogens (tertiary/aromatic N) is 2. The van der Waals surface area contributed by atoms with Crippen LogP contribution in [0.15, 0.2) is 6.20 Å². The van der Waals surface area contributed by atoms with E-state index in [9.17, 15) is 0 Å². The number of likely N-dealkylation sites (N-methyl/N-ethyl adjacent to an activating group) is 2. The minimum atomic E-state index is 0.159. The number of aromatic nitrogens is 2. The van der Waals surface area contributed by atoms with Crippen molar-refractivity contribution in [2.75, 3.05) is 33.8 Å². The van der Waals surface area contributed by atoms with Gasteiger partial charge in [-0.05, 0) is 58.0 Å². The van der Waals surface area contributed by atoms with Crippen molar-refractivity contribution in [2.24, 2.45) is 5.41 Å². The third-order valence-electron chi connectivity index (χ3n) is 6.38. The molecule has 0 aromatic carbocycles. The third kappa shape index (κ3) is 4.63. The number of hydrogen-bond donors (Lipinski definition) is 2. The lowest BCUT2D eigenvalue weighted by atomic mass is 9.68. The molecule has 5 nitrogen and oxygen atoms in total. The first kappa shape index (κ1) is 18.9. The molecule has 3 rings (SSSR count). The zero-order chi connectivity index (χ0) is 17.9. The van der Waals surface area contributed by atoms with Gasteiger partial charge in [-0.2, -0.15) is 5.10 Å². The Morgan fingerprint density at radius 2 is 2.04 bits per heavy atom. The van der Waals surface area contributed by atoms with Crippen LogP contribution in [0.25, 0.3) is 0 Å². The van der Waals surface area contributed by atoms with Gasteiger partial charge >= 0.3 is 0 Å². The van der Waals surface area contributed by atoms with E-state index in [1.807, 2.05) is 7.05 Å². The predicted molar refractivity (Wildman–Crippen MR) is 102 cm³/mol. The van der Waals surface area contributed by atoms with Crippen LogP contribution in [-0.4, -0.2) is 54.5 Å². The van der Waals surface area contributed by atoms with Gasteiger partial charge in [0.15, 0.2) is 0 Å². The Hall–Kier alpha value is -0.910. The Labute approximate surface area is 152 Å². The summed E-state index contributed by atoms with van der Waals surface area (Å²) in [4.78, 5) is 2.35. The summed E-state index contributed by atoms with van der Waals surface area (Å²) < 4.78 is 6.48. The van der Waals surface area contributed by atoms with Crippen LogP contribution >= 0.6 is 0 Å². The molecule has 2 heterocycles. The fraction of sp³-hybridized carbons (Fsp3) is 0.850. The van der Waals surface area contributed by atoms with E-state index in [-0.39, 0.29) is 5.60 Å². The van der Waals surface area contributed by atoms with Crippen LogP contribution in [0.1, 0.15) is 69.5 Å². The van der Waals surface area contributed by atoms with E-state index in [0.29, 0.717) is 11.3 Å². The topological polar surface area (TPSA) is 53.2 Å². The quantitative estimate of drug-likeness (QED) is 0.828. The maximum Gasteiger partial charge on any atom is 0.0720 e. The molecule has 0 radical (unpaired) electrons. The maximum atomic E-state index is 6.48. The SMILES string of the molecule is CNCCN(C)Cc1c[nH]nc1C1CCC2(CCC(C)(C)CC2)OC1. The van der Waals surface area contributed by atoms with Crippen molar-refractivity contribution in [3.63, 3.8) is 0 Å². The van der Waals surface area contributed by atoms with Crippen molar-refractivity contribution >= 4 is 0 Å². The summed E-state index contributed by atoms with van der Waals surface area (Å²) in [5, 5.41) is 10.9. The highest BCUT2D eigenvalue weighted by Crippen LogP contribution is 2.47. The molecule has 1 spiro atoms. The Morgan fingerprint density at radius 3 is 2.68 bits per heavy atom. The average Bonchev–Trinajstić information content (AvgIpc) is 3.05. The zero-order valence-electron chi connectivity index (χ0n) is 16.5. The number of H-pyrrole nitrogens is 1. The van der Waals surface area contributed by atoms with Crippen LogP contribution in [0.5, 0.6) is 0 Å². The Bertz CT molecular complexity index is 534. The van der Waals surface area contributed by atoms with Crippen molar-refractivity contribution < 1.29 is 4.74 Å². The fourth-order valence-corrected chi connectivity index (χ4v) is 4.34. The monoisotopic (exact) mass is 348 g/mol. The molecule has 142 valence electrons. The first-order valence-corrected chi connectivity index (χ1v) is 9.93. The molecule has 1 aliphatic heterocycles. The van der Waals surface area contributed by atoms with Crippen molar-refractivity contribution in [3.05, 3.63) is 17.5 Å². The fourth-order valence-electron chi connectivity index (χ4n) is 4.34. The second kappa shape index (κ2) is 7.77. The second-order valence-electron chi connectivity index (χ2n) is 9.03. The summed E-state index contributed by atoms with van der Waals surface area (Å²) >= 11 is 0. The van der Waals surface area contributed by atoms with Crippen LogP contribution < -0.4 is 5.32 Å². The van der Waals surface area contributed by atoms with E-state index in [4.69, 9.17) is 4.74 Å². The summed E-state index contributed by atoms with van der Waals surface area (Å²) in [7, 11) is 4.17. The van der Waals surface area contributed by atoms with Crippen LogP contribution in [0.2, 0.25) is 0 Å². The molecule has 0 bridgehead atoms. The molecule has 25 heavy (non-hydrogen) atoms. The van der Waals surface area contributed by atoms with Crippen LogP contribution in [-0.2, 0) is 11.3 Å². The van der Waals surface area contributed by atoms with Gasteiger partial charge in [0.25, 0.3) is 0 Å². The number of hydrogen-bond acceptors (Lipinski definition) is 4. The summed E-state index contributed by atoms with van der Waals surface area (Å²) in [6, 6.07) is 0. The highest BCUT2D eigenvalue weighted by atomic mass is 16.5. The molecule has 1 aliphatic carbocycles. The summed E-state index contributed by atoms with van der Waals surface area (Å²) in [5.41, 5.74) is 3.21. The minimum absolute atomic E-state index is 0.159. The van der Waals surface area contributed by atoms with Crippen molar-refractivity contribution in [1.29, 1.82) is 0 Å². The van der Waals surface area contributed by atoms with Gasteiger partial charge in [-0.25, -0.2) is 0 Å². The van der Waals surface area contributed by atoms with E-state index in [1.165, 1.54) is 49.8 Å². The molecule has 1 aromatic rings. The summed E-state index contributed by atoms with van der Waals surface area (Å²) in [6.45, 7) is 8.62. The largest absolute Gasteiger partial charge is 0.374 e. The number of rotatable bonds is 6. The molecular formula is C20H36N4O. The molecule has 5 heteroatoms. The average molecular weight is 349 g/mol. The summed E-state index contributed by atoms with van der Waals surface area (Å²) in [5.74, 6) is 0.444. The molecular weight excluding hydrogens is 312 g/mol. The molecule has 1 saturated heterocycles. The van der Waals surface area contributed by atoms with Gasteiger partial charge in [0, 0.05) is 37.3 Å². The minimum Gasteiger partial charge on any atom is -0.374 e. The normalized spacial score (nSPS) is 25.6. The van der Waals surface area contributed by atoms with Gasteiger partial charge in [0.1, 0.15) is 0 Å². The van der Waals surface area contributed by atoms with E-state index < -0.39 is 0 Å². The number of aromatic amines is 1. The molecule has 2 N–H and O–H groups in total. The smallest absolute Gasteiger partial charge is 0.0720 e. The Balaban J connectivity index is 1.56. The van der Waals surface area contributed by atoms with E-state index in [0.717, 1.165) is 26.2 Å². The lowest BCUT2D eigenvalue weighted by Crippen LogP contribution is -2.43. The van der Waals surface area contributed by atoms with Crippen LogP contribution in [0, 0.1) is 5.41 Å². The molecule has 0 amide bonds. The van der Waals surface area contributed by atoms with E-state index in [1.54, 1.807) is 0 Å². The number of nitrogens with one attached hydrogen (secondary N) is 2. The van der Waals surface area contributed by atoms with Gasteiger partial charge in [-0.1, -0.05) is 13.8 Å². The van der Waals surface area contributed by atoms with Gasteiger partial charge in [-0.3, -0.25) is 5.10 Å². The third-order valence-corrected chi connectivity index (χ3v) is 6.38. The first-order valence-electron chi connectivity index (χ1n) is 9.93. The zero-order valence-corrected chi connectivity index (χ0v) is 16.5. The summed E-state index contributed by atoms with van der Waals surface area (Å²) in [6.07, 6.45) is 9.51. The molecule has 1 unspecified atom stereocenters. The van der Waals surface area contributed by atoms with Crippen LogP contribution in [0.3, 0.4) is 0 Å². The van der Waals surface area contributed by atoms with E-state index in [2.05, 4.69) is 47.5 Å². The lowest BCUT2D eigenvalue weighted by Gasteiger charge is -2.47. The maximum absolute atomic E-state index is 6.48. The van der Waals surface area contributed by atoms with Crippen molar-refractivity contribution in [1.82, 2.24) is 20.4 Å². The van der Waals surface area contributed by atoms with Gasteiger partial charge < -0.3 is 15.0 Å².